The molecule has 0 spiro atoms. The Morgan fingerprint density at radius 3 is 2.32 bits per heavy atom. The zero-order valence-electron chi connectivity index (χ0n) is 17.1. The van der Waals surface area contributed by atoms with Crippen LogP contribution < -0.4 is 14.8 Å². The molecule has 6 nitrogen and oxygen atoms in total. The molecule has 31 heavy (non-hydrogen) atoms. The Morgan fingerprint density at radius 1 is 0.968 bits per heavy atom. The quantitative estimate of drug-likeness (QED) is 0.273. The van der Waals surface area contributed by atoms with Crippen molar-refractivity contribution in [2.75, 3.05) is 12.4 Å². The van der Waals surface area contributed by atoms with Gasteiger partial charge in [0.2, 0.25) is 0 Å². The van der Waals surface area contributed by atoms with Crippen LogP contribution >= 0.6 is 0 Å². The second kappa shape index (κ2) is 9.90. The summed E-state index contributed by atoms with van der Waals surface area (Å²) in [6.07, 6.45) is 1.42. The molecule has 1 N–H and O–H groups in total. The zero-order valence-corrected chi connectivity index (χ0v) is 17.1. The molecule has 1 amide bonds. The molecule has 0 saturated carbocycles. The number of ether oxygens (including phenoxy) is 2. The van der Waals surface area contributed by atoms with E-state index in [1.807, 2.05) is 25.1 Å². The Kier molecular flexibility index (Phi) is 6.82. The molecule has 154 valence electrons. The summed E-state index contributed by atoms with van der Waals surface area (Å²) in [5.74, 6) is -0.548. The van der Waals surface area contributed by atoms with Gasteiger partial charge in [0.15, 0.2) is 11.5 Å². The normalized spacial score (nSPS) is 10.7. The molecule has 0 aliphatic rings. The highest BCUT2D eigenvalue weighted by atomic mass is 16.6. The Hall–Kier alpha value is -4.37. The number of aryl methyl sites for hydroxylation is 1. The number of amides is 1. The van der Waals surface area contributed by atoms with Gasteiger partial charge in [-0.15, -0.1) is 0 Å². The third-order valence-electron chi connectivity index (χ3n) is 4.39. The second-order valence-electron chi connectivity index (χ2n) is 6.66. The topological polar surface area (TPSA) is 88.4 Å². The van der Waals surface area contributed by atoms with Crippen molar-refractivity contribution in [2.45, 2.75) is 6.92 Å². The standard InChI is InChI=1S/C25H20N2O4/c1-17-8-11-21(12-9-17)27-24(28)20(16-26)14-18-10-13-22(30-2)23(15-18)31-25(29)19-6-4-3-5-7-19/h3-15H,1-2H3,(H,27,28)/b20-14+. The monoisotopic (exact) mass is 412 g/mol. The van der Waals surface area contributed by atoms with E-state index < -0.39 is 11.9 Å². The molecule has 0 atom stereocenters. The van der Waals surface area contributed by atoms with E-state index >= 15 is 0 Å². The van der Waals surface area contributed by atoms with Gasteiger partial charge in [-0.2, -0.15) is 5.26 Å². The Bertz CT molecular complexity index is 1160. The minimum Gasteiger partial charge on any atom is -0.493 e. The van der Waals surface area contributed by atoms with Crippen LogP contribution in [0.15, 0.2) is 78.4 Å². The van der Waals surface area contributed by atoms with Crippen LogP contribution in [-0.2, 0) is 4.79 Å². The van der Waals surface area contributed by atoms with Gasteiger partial charge in [0.25, 0.3) is 5.91 Å². The highest BCUT2D eigenvalue weighted by Crippen LogP contribution is 2.30. The highest BCUT2D eigenvalue weighted by Gasteiger charge is 2.14. The predicted octanol–water partition coefficient (Wildman–Crippen LogP) is 4.77. The lowest BCUT2D eigenvalue weighted by molar-refractivity contribution is -0.112. The molecule has 0 bridgehead atoms. The van der Waals surface area contributed by atoms with Crippen molar-refractivity contribution in [3.63, 3.8) is 0 Å². The number of nitriles is 1. The van der Waals surface area contributed by atoms with Crippen LogP contribution in [0.25, 0.3) is 6.08 Å². The third kappa shape index (κ3) is 5.58. The Balaban J connectivity index is 1.83. The predicted molar refractivity (Wildman–Crippen MR) is 118 cm³/mol. The van der Waals surface area contributed by atoms with Crippen LogP contribution in [-0.4, -0.2) is 19.0 Å². The molecule has 3 aromatic rings. The van der Waals surface area contributed by atoms with Crippen LogP contribution in [0.3, 0.4) is 0 Å². The Morgan fingerprint density at radius 2 is 1.68 bits per heavy atom. The van der Waals surface area contributed by atoms with Crippen molar-refractivity contribution >= 4 is 23.6 Å². The number of esters is 1. The summed E-state index contributed by atoms with van der Waals surface area (Å²) in [4.78, 5) is 24.9. The van der Waals surface area contributed by atoms with Crippen molar-refractivity contribution in [3.8, 4) is 17.6 Å². The first-order valence-electron chi connectivity index (χ1n) is 9.45. The Labute approximate surface area is 180 Å². The molecule has 3 aromatic carbocycles. The molecule has 0 unspecified atom stereocenters. The van der Waals surface area contributed by atoms with Crippen molar-refractivity contribution in [3.05, 3.63) is 95.1 Å². The molecule has 0 saturated heterocycles. The van der Waals surface area contributed by atoms with Crippen molar-refractivity contribution in [1.82, 2.24) is 0 Å². The van der Waals surface area contributed by atoms with Crippen LogP contribution in [0.2, 0.25) is 0 Å². The molecule has 0 aliphatic carbocycles. The van der Waals surface area contributed by atoms with Crippen molar-refractivity contribution < 1.29 is 19.1 Å². The summed E-state index contributed by atoms with van der Waals surface area (Å²) in [7, 11) is 1.46. The molecular formula is C25H20N2O4. The van der Waals surface area contributed by atoms with E-state index in [0.29, 0.717) is 22.6 Å². The van der Waals surface area contributed by atoms with Gasteiger partial charge in [-0.1, -0.05) is 42.0 Å². The number of nitrogens with zero attached hydrogens (tertiary/aromatic N) is 1. The number of nitrogens with one attached hydrogen (secondary N) is 1. The number of anilines is 1. The van der Waals surface area contributed by atoms with Crippen LogP contribution in [0.5, 0.6) is 11.5 Å². The van der Waals surface area contributed by atoms with E-state index in [4.69, 9.17) is 9.47 Å². The smallest absolute Gasteiger partial charge is 0.343 e. The summed E-state index contributed by atoms with van der Waals surface area (Å²) < 4.78 is 10.7. The fourth-order valence-electron chi connectivity index (χ4n) is 2.75. The molecule has 6 heteroatoms. The SMILES string of the molecule is COc1ccc(/C=C(\C#N)C(=O)Nc2ccc(C)cc2)cc1OC(=O)c1ccccc1. The van der Waals surface area contributed by atoms with Gasteiger partial charge < -0.3 is 14.8 Å². The van der Waals surface area contributed by atoms with E-state index in [1.165, 1.54) is 19.3 Å². The molecule has 0 fully saturated rings. The highest BCUT2D eigenvalue weighted by molar-refractivity contribution is 6.09. The number of carbonyl (C=O) groups is 2. The summed E-state index contributed by atoms with van der Waals surface area (Å²) in [6.45, 7) is 1.94. The second-order valence-corrected chi connectivity index (χ2v) is 6.66. The fourth-order valence-corrected chi connectivity index (χ4v) is 2.75. The molecular weight excluding hydrogens is 392 g/mol. The first-order valence-corrected chi connectivity index (χ1v) is 9.45. The molecule has 3 rings (SSSR count). The molecule has 0 radical (unpaired) electrons. The summed E-state index contributed by atoms with van der Waals surface area (Å²) in [5, 5.41) is 12.1. The maximum absolute atomic E-state index is 12.5. The molecule has 0 heterocycles. The maximum atomic E-state index is 12.5. The van der Waals surface area contributed by atoms with Crippen molar-refractivity contribution in [2.24, 2.45) is 0 Å². The number of methoxy groups -OCH3 is 1. The summed E-state index contributed by atoms with van der Waals surface area (Å²) >= 11 is 0. The minimum absolute atomic E-state index is 0.0916. The van der Waals surface area contributed by atoms with E-state index in [9.17, 15) is 14.9 Å². The number of benzene rings is 3. The fraction of sp³-hybridized carbons (Fsp3) is 0.0800. The van der Waals surface area contributed by atoms with Crippen LogP contribution in [0.1, 0.15) is 21.5 Å². The van der Waals surface area contributed by atoms with Gasteiger partial charge in [0, 0.05) is 5.69 Å². The number of hydrogen-bond donors (Lipinski definition) is 1. The van der Waals surface area contributed by atoms with Gasteiger partial charge in [0.05, 0.1) is 12.7 Å². The van der Waals surface area contributed by atoms with E-state index in [1.54, 1.807) is 54.6 Å². The van der Waals surface area contributed by atoms with Crippen molar-refractivity contribution in [1.29, 1.82) is 5.26 Å². The minimum atomic E-state index is -0.544. The van der Waals surface area contributed by atoms with Gasteiger partial charge >= 0.3 is 5.97 Å². The van der Waals surface area contributed by atoms with Crippen LogP contribution in [0, 0.1) is 18.3 Å². The van der Waals surface area contributed by atoms with Gasteiger partial charge in [-0.25, -0.2) is 4.79 Å². The number of carbonyl (C=O) groups excluding carboxylic acids is 2. The number of hydrogen-bond acceptors (Lipinski definition) is 5. The zero-order chi connectivity index (χ0) is 22.2. The molecule has 0 aliphatic heterocycles. The summed E-state index contributed by atoms with van der Waals surface area (Å²) in [5.41, 5.74) is 2.45. The molecule has 0 aromatic heterocycles. The van der Waals surface area contributed by atoms with E-state index in [0.717, 1.165) is 5.56 Å². The van der Waals surface area contributed by atoms with Gasteiger partial charge in [0.1, 0.15) is 11.6 Å². The summed E-state index contributed by atoms with van der Waals surface area (Å²) in [6, 6.07) is 22.5. The van der Waals surface area contributed by atoms with E-state index in [2.05, 4.69) is 5.32 Å². The largest absolute Gasteiger partial charge is 0.493 e. The maximum Gasteiger partial charge on any atom is 0.343 e. The first-order chi connectivity index (χ1) is 15.0. The number of rotatable bonds is 6. The lowest BCUT2D eigenvalue weighted by Gasteiger charge is -2.10. The average molecular weight is 412 g/mol. The van der Waals surface area contributed by atoms with E-state index in [-0.39, 0.29) is 11.3 Å². The van der Waals surface area contributed by atoms with Gasteiger partial charge in [-0.3, -0.25) is 4.79 Å². The van der Waals surface area contributed by atoms with Crippen LogP contribution in [0.4, 0.5) is 5.69 Å². The average Bonchev–Trinajstić information content (AvgIpc) is 2.79. The first kappa shape index (κ1) is 21.3. The van der Waals surface area contributed by atoms with Gasteiger partial charge in [-0.05, 0) is 55.0 Å². The lowest BCUT2D eigenvalue weighted by atomic mass is 10.1. The lowest BCUT2D eigenvalue weighted by Crippen LogP contribution is -2.13. The third-order valence-corrected chi connectivity index (χ3v) is 4.39.